The number of nitrogens with zero attached hydrogens (tertiary/aromatic N) is 2. The molecule has 2 heterocycles. The summed E-state index contributed by atoms with van der Waals surface area (Å²) in [5, 5.41) is 8.64. The number of carbonyl (C=O) groups is 4. The fraction of sp³-hybridized carbons (Fsp3) is 0.316. The molecule has 1 saturated heterocycles. The number of benzene rings is 1. The maximum Gasteiger partial charge on any atom is 0.327 e. The predicted molar refractivity (Wildman–Crippen MR) is 99.5 cm³/mol. The van der Waals surface area contributed by atoms with Gasteiger partial charge in [0.05, 0.1) is 0 Å². The first-order chi connectivity index (χ1) is 13.7. The zero-order chi connectivity index (χ0) is 21.2. The average Bonchev–Trinajstić information content (AvgIpc) is 3.18. The summed E-state index contributed by atoms with van der Waals surface area (Å²) in [4.78, 5) is 50.1. The first kappa shape index (κ1) is 20.1. The minimum atomic E-state index is -1.29. The fourth-order valence-corrected chi connectivity index (χ4v) is 2.88. The third kappa shape index (κ3) is 4.10. The molecule has 3 rings (SSSR count). The van der Waals surface area contributed by atoms with Crippen molar-refractivity contribution in [1.82, 2.24) is 15.4 Å². The Morgan fingerprint density at radius 3 is 2.62 bits per heavy atom. The Morgan fingerprint density at radius 2 is 2.00 bits per heavy atom. The van der Waals surface area contributed by atoms with E-state index in [0.29, 0.717) is 11.3 Å². The Bertz CT molecular complexity index is 957. The number of aryl methyl sites for hydroxylation is 1. The van der Waals surface area contributed by atoms with Gasteiger partial charge in [-0.25, -0.2) is 4.79 Å². The largest absolute Gasteiger partial charge is 0.451 e. The lowest BCUT2D eigenvalue weighted by Gasteiger charge is -2.22. The van der Waals surface area contributed by atoms with Crippen molar-refractivity contribution in [1.29, 1.82) is 0 Å². The van der Waals surface area contributed by atoms with Crippen LogP contribution in [0.15, 0.2) is 40.9 Å². The second-order valence-electron chi connectivity index (χ2n) is 6.76. The molecule has 1 fully saturated rings. The Hall–Kier alpha value is -3.69. The van der Waals surface area contributed by atoms with E-state index >= 15 is 0 Å². The minimum absolute atomic E-state index is 0.183. The zero-order valence-corrected chi connectivity index (χ0v) is 16.1. The number of aromatic nitrogens is 1. The molecular formula is C19H20N4O6. The van der Waals surface area contributed by atoms with Crippen molar-refractivity contribution < 1.29 is 28.4 Å². The van der Waals surface area contributed by atoms with E-state index in [1.165, 1.54) is 13.0 Å². The molecular weight excluding hydrogens is 380 g/mol. The molecule has 10 nitrogen and oxygen atoms in total. The van der Waals surface area contributed by atoms with Gasteiger partial charge < -0.3 is 19.9 Å². The number of imide groups is 1. The van der Waals surface area contributed by atoms with Crippen molar-refractivity contribution >= 4 is 29.6 Å². The van der Waals surface area contributed by atoms with Gasteiger partial charge in [0.15, 0.2) is 11.9 Å². The van der Waals surface area contributed by atoms with Gasteiger partial charge in [-0.1, -0.05) is 35.5 Å². The first-order valence-corrected chi connectivity index (χ1v) is 8.84. The Balaban J connectivity index is 1.60. The minimum Gasteiger partial charge on any atom is -0.451 e. The van der Waals surface area contributed by atoms with Gasteiger partial charge >= 0.3 is 12.0 Å². The predicted octanol–water partition coefficient (Wildman–Crippen LogP) is 1.32. The van der Waals surface area contributed by atoms with Crippen molar-refractivity contribution in [2.45, 2.75) is 32.4 Å². The number of amides is 4. The van der Waals surface area contributed by atoms with Crippen LogP contribution >= 0.6 is 0 Å². The van der Waals surface area contributed by atoms with Crippen molar-refractivity contribution in [3.63, 3.8) is 0 Å². The average molecular weight is 400 g/mol. The quantitative estimate of drug-likeness (QED) is 0.552. The fourth-order valence-electron chi connectivity index (χ4n) is 2.88. The van der Waals surface area contributed by atoms with Crippen LogP contribution in [-0.2, 0) is 24.7 Å². The van der Waals surface area contributed by atoms with Gasteiger partial charge in [0.2, 0.25) is 0 Å². The van der Waals surface area contributed by atoms with Crippen LogP contribution in [0.5, 0.6) is 0 Å². The van der Waals surface area contributed by atoms with Gasteiger partial charge in [0.1, 0.15) is 17.8 Å². The number of esters is 1. The van der Waals surface area contributed by atoms with E-state index in [0.717, 1.165) is 4.90 Å². The SMILES string of the molecule is Cc1cc(NC(=O)[C@@H](C)OC(=O)CN2C(=O)N[C@](C)(c3ccccc3)C2=O)no1. The molecule has 10 heteroatoms. The van der Waals surface area contributed by atoms with Gasteiger partial charge in [-0.2, -0.15) is 0 Å². The summed E-state index contributed by atoms with van der Waals surface area (Å²) in [6.45, 7) is 3.96. The summed E-state index contributed by atoms with van der Waals surface area (Å²) >= 11 is 0. The molecule has 2 atom stereocenters. The van der Waals surface area contributed by atoms with E-state index < -0.39 is 42.0 Å². The molecule has 0 radical (unpaired) electrons. The van der Waals surface area contributed by atoms with Crippen LogP contribution in [-0.4, -0.2) is 46.5 Å². The number of rotatable bonds is 6. The van der Waals surface area contributed by atoms with Crippen molar-refractivity contribution in [3.8, 4) is 0 Å². The molecule has 1 aliphatic heterocycles. The van der Waals surface area contributed by atoms with Crippen LogP contribution in [0.3, 0.4) is 0 Å². The van der Waals surface area contributed by atoms with Gasteiger partial charge in [0, 0.05) is 6.07 Å². The Labute approximate surface area is 166 Å². The van der Waals surface area contributed by atoms with Crippen LogP contribution in [0, 0.1) is 6.92 Å². The molecule has 0 saturated carbocycles. The highest BCUT2D eigenvalue weighted by atomic mass is 16.5. The maximum atomic E-state index is 12.8. The lowest BCUT2D eigenvalue weighted by atomic mass is 9.92. The lowest BCUT2D eigenvalue weighted by molar-refractivity contribution is -0.155. The molecule has 1 aliphatic rings. The number of hydrogen-bond acceptors (Lipinski definition) is 7. The number of nitrogens with one attached hydrogen (secondary N) is 2. The molecule has 2 N–H and O–H groups in total. The smallest absolute Gasteiger partial charge is 0.327 e. The topological polar surface area (TPSA) is 131 Å². The molecule has 29 heavy (non-hydrogen) atoms. The van der Waals surface area contributed by atoms with E-state index in [1.807, 2.05) is 0 Å². The number of urea groups is 1. The molecule has 0 spiro atoms. The molecule has 2 aromatic rings. The van der Waals surface area contributed by atoms with Crippen LogP contribution in [0.4, 0.5) is 10.6 Å². The Kier molecular flexibility index (Phi) is 5.35. The lowest BCUT2D eigenvalue weighted by Crippen LogP contribution is -2.42. The Morgan fingerprint density at radius 1 is 1.31 bits per heavy atom. The normalized spacial score (nSPS) is 19.6. The summed E-state index contributed by atoms with van der Waals surface area (Å²) in [7, 11) is 0. The van der Waals surface area contributed by atoms with Crippen molar-refractivity contribution in [2.24, 2.45) is 0 Å². The number of carbonyl (C=O) groups excluding carboxylic acids is 4. The van der Waals surface area contributed by atoms with Crippen LogP contribution < -0.4 is 10.6 Å². The first-order valence-electron chi connectivity index (χ1n) is 8.84. The standard InChI is InChI=1S/C19H20N4O6/c1-11-9-14(22-29-11)20-16(25)12(2)28-15(24)10-23-17(26)19(3,21-18(23)27)13-7-5-4-6-8-13/h4-9,12H,10H2,1-3H3,(H,21,27)(H,20,22,25)/t12-,19-/m1/s1. The number of anilines is 1. The van der Waals surface area contributed by atoms with Gasteiger partial charge in [-0.05, 0) is 26.3 Å². The summed E-state index contributed by atoms with van der Waals surface area (Å²) < 4.78 is 9.87. The molecule has 152 valence electrons. The molecule has 0 bridgehead atoms. The third-order valence-electron chi connectivity index (χ3n) is 4.47. The highest BCUT2D eigenvalue weighted by Gasteiger charge is 2.49. The third-order valence-corrected chi connectivity index (χ3v) is 4.47. The second-order valence-corrected chi connectivity index (χ2v) is 6.76. The van der Waals surface area contributed by atoms with Crippen molar-refractivity contribution in [2.75, 3.05) is 11.9 Å². The van der Waals surface area contributed by atoms with E-state index in [9.17, 15) is 19.2 Å². The molecule has 4 amide bonds. The van der Waals surface area contributed by atoms with E-state index in [2.05, 4.69) is 15.8 Å². The second kappa shape index (κ2) is 7.74. The monoisotopic (exact) mass is 400 g/mol. The summed E-state index contributed by atoms with van der Waals surface area (Å²) in [6.07, 6.45) is -1.17. The maximum absolute atomic E-state index is 12.8. The molecule has 0 unspecified atom stereocenters. The molecule has 1 aromatic carbocycles. The van der Waals surface area contributed by atoms with Gasteiger partial charge in [-0.3, -0.25) is 19.3 Å². The van der Waals surface area contributed by atoms with Crippen LogP contribution in [0.2, 0.25) is 0 Å². The summed E-state index contributed by atoms with van der Waals surface area (Å²) in [6, 6.07) is 9.48. The molecule has 0 aliphatic carbocycles. The highest BCUT2D eigenvalue weighted by Crippen LogP contribution is 2.28. The van der Waals surface area contributed by atoms with Crippen LogP contribution in [0.25, 0.3) is 0 Å². The summed E-state index contributed by atoms with van der Waals surface area (Å²) in [5.41, 5.74) is -0.697. The highest BCUT2D eigenvalue weighted by molar-refractivity contribution is 6.09. The van der Waals surface area contributed by atoms with E-state index in [-0.39, 0.29) is 5.82 Å². The molecule has 1 aromatic heterocycles. The number of ether oxygens (including phenoxy) is 1. The van der Waals surface area contributed by atoms with Crippen LogP contribution in [0.1, 0.15) is 25.2 Å². The van der Waals surface area contributed by atoms with Gasteiger partial charge in [-0.15, -0.1) is 0 Å². The van der Waals surface area contributed by atoms with E-state index in [4.69, 9.17) is 9.26 Å². The van der Waals surface area contributed by atoms with Crippen molar-refractivity contribution in [3.05, 3.63) is 47.7 Å². The summed E-state index contributed by atoms with van der Waals surface area (Å²) in [5.74, 6) is -1.42. The zero-order valence-electron chi connectivity index (χ0n) is 16.1. The van der Waals surface area contributed by atoms with E-state index in [1.54, 1.807) is 44.2 Å². The van der Waals surface area contributed by atoms with Gasteiger partial charge in [0.25, 0.3) is 11.8 Å². The number of hydrogen-bond donors (Lipinski definition) is 2.